The zero-order valence-electron chi connectivity index (χ0n) is 8.86. The van der Waals surface area contributed by atoms with Gasteiger partial charge in [-0.1, -0.05) is 0 Å². The SMILES string of the molecule is O=C(O)c1ccc(S(=O)(=O)NCc2cncs2)s1. The maximum atomic E-state index is 11.9. The van der Waals surface area contributed by atoms with Crippen LogP contribution in [0.4, 0.5) is 0 Å². The highest BCUT2D eigenvalue weighted by Gasteiger charge is 2.18. The van der Waals surface area contributed by atoms with Crippen molar-refractivity contribution in [2.45, 2.75) is 10.8 Å². The quantitative estimate of drug-likeness (QED) is 0.870. The molecule has 0 aliphatic rings. The van der Waals surface area contributed by atoms with E-state index in [1.165, 1.54) is 23.5 Å². The van der Waals surface area contributed by atoms with Crippen LogP contribution in [-0.2, 0) is 16.6 Å². The van der Waals surface area contributed by atoms with Gasteiger partial charge in [-0.25, -0.2) is 17.9 Å². The average molecular weight is 304 g/mol. The van der Waals surface area contributed by atoms with Crippen molar-refractivity contribution in [3.63, 3.8) is 0 Å². The Kier molecular flexibility index (Phi) is 3.76. The van der Waals surface area contributed by atoms with Crippen molar-refractivity contribution in [3.8, 4) is 0 Å². The smallest absolute Gasteiger partial charge is 0.345 e. The Morgan fingerprint density at radius 3 is 2.78 bits per heavy atom. The minimum Gasteiger partial charge on any atom is -0.477 e. The fourth-order valence-electron chi connectivity index (χ4n) is 1.15. The van der Waals surface area contributed by atoms with E-state index < -0.39 is 16.0 Å². The molecule has 0 bridgehead atoms. The van der Waals surface area contributed by atoms with Crippen LogP contribution in [-0.4, -0.2) is 24.5 Å². The summed E-state index contributed by atoms with van der Waals surface area (Å²) in [6.07, 6.45) is 1.57. The summed E-state index contributed by atoms with van der Waals surface area (Å²) in [4.78, 5) is 15.3. The molecule has 0 radical (unpaired) electrons. The maximum Gasteiger partial charge on any atom is 0.345 e. The van der Waals surface area contributed by atoms with Gasteiger partial charge in [0.25, 0.3) is 0 Å². The van der Waals surface area contributed by atoms with Gasteiger partial charge in [-0.3, -0.25) is 4.98 Å². The Balaban J connectivity index is 2.12. The van der Waals surface area contributed by atoms with E-state index in [-0.39, 0.29) is 15.6 Å². The molecule has 0 atom stereocenters. The van der Waals surface area contributed by atoms with Crippen molar-refractivity contribution >= 4 is 38.7 Å². The lowest BCUT2D eigenvalue weighted by atomic mass is 10.5. The monoisotopic (exact) mass is 304 g/mol. The van der Waals surface area contributed by atoms with Gasteiger partial charge in [0.2, 0.25) is 10.0 Å². The largest absolute Gasteiger partial charge is 0.477 e. The molecule has 2 heterocycles. The van der Waals surface area contributed by atoms with E-state index in [0.29, 0.717) is 0 Å². The Labute approximate surface area is 111 Å². The number of carbonyl (C=O) groups is 1. The summed E-state index contributed by atoms with van der Waals surface area (Å²) in [6.45, 7) is 0.146. The lowest BCUT2D eigenvalue weighted by molar-refractivity contribution is 0.0702. The number of aromatic nitrogens is 1. The van der Waals surface area contributed by atoms with E-state index in [0.717, 1.165) is 16.2 Å². The first-order valence-electron chi connectivity index (χ1n) is 4.69. The van der Waals surface area contributed by atoms with Gasteiger partial charge < -0.3 is 5.11 Å². The second-order valence-corrected chi connectivity index (χ2v) is 7.26. The lowest BCUT2D eigenvalue weighted by Gasteiger charge is -2.01. The zero-order chi connectivity index (χ0) is 13.2. The number of sulfonamides is 1. The molecule has 0 unspecified atom stereocenters. The topological polar surface area (TPSA) is 96.4 Å². The molecule has 0 aliphatic heterocycles. The molecule has 18 heavy (non-hydrogen) atoms. The van der Waals surface area contributed by atoms with Gasteiger partial charge in [-0.2, -0.15) is 0 Å². The molecule has 0 fully saturated rings. The number of carboxylic acids is 1. The van der Waals surface area contributed by atoms with Crippen molar-refractivity contribution in [1.82, 2.24) is 9.71 Å². The normalized spacial score (nSPS) is 11.6. The first-order chi connectivity index (χ1) is 8.49. The summed E-state index contributed by atoms with van der Waals surface area (Å²) in [7, 11) is -3.66. The van der Waals surface area contributed by atoms with Crippen LogP contribution in [0.15, 0.2) is 28.0 Å². The highest BCUT2D eigenvalue weighted by Crippen LogP contribution is 2.21. The Morgan fingerprint density at radius 2 is 2.22 bits per heavy atom. The molecule has 0 aliphatic carbocycles. The second kappa shape index (κ2) is 5.14. The molecule has 0 aromatic carbocycles. The van der Waals surface area contributed by atoms with Crippen LogP contribution in [0.25, 0.3) is 0 Å². The second-order valence-electron chi connectivity index (χ2n) is 3.22. The summed E-state index contributed by atoms with van der Waals surface area (Å²) in [5, 5.41) is 8.73. The molecule has 2 aromatic heterocycles. The van der Waals surface area contributed by atoms with Gasteiger partial charge in [0, 0.05) is 17.6 Å². The molecule has 2 N–H and O–H groups in total. The number of thiophene rings is 1. The molecule has 2 rings (SSSR count). The van der Waals surface area contributed by atoms with Gasteiger partial charge >= 0.3 is 5.97 Å². The standard InChI is InChI=1S/C9H8N2O4S3/c12-9(13)7-1-2-8(17-7)18(14,15)11-4-6-3-10-5-16-6/h1-3,5,11H,4H2,(H,12,13). The van der Waals surface area contributed by atoms with Crippen molar-refractivity contribution in [3.05, 3.63) is 33.6 Å². The van der Waals surface area contributed by atoms with Crippen molar-refractivity contribution in [1.29, 1.82) is 0 Å². The molecule has 0 spiro atoms. The van der Waals surface area contributed by atoms with Gasteiger partial charge in [0.15, 0.2) is 0 Å². The molecule has 9 heteroatoms. The number of aromatic carboxylic acids is 1. The minimum absolute atomic E-state index is 0.00633. The van der Waals surface area contributed by atoms with E-state index >= 15 is 0 Å². The van der Waals surface area contributed by atoms with Crippen LogP contribution in [0.3, 0.4) is 0 Å². The number of rotatable bonds is 5. The molecule has 6 nitrogen and oxygen atoms in total. The van der Waals surface area contributed by atoms with E-state index in [9.17, 15) is 13.2 Å². The van der Waals surface area contributed by atoms with Gasteiger partial charge in [-0.15, -0.1) is 22.7 Å². The van der Waals surface area contributed by atoms with Gasteiger partial charge in [0.1, 0.15) is 9.09 Å². The van der Waals surface area contributed by atoms with Crippen LogP contribution in [0.5, 0.6) is 0 Å². The van der Waals surface area contributed by atoms with Crippen LogP contribution >= 0.6 is 22.7 Å². The molecular formula is C9H8N2O4S3. The fourth-order valence-corrected chi connectivity index (χ4v) is 3.97. The Bertz CT molecular complexity index is 645. The van der Waals surface area contributed by atoms with E-state index in [4.69, 9.17) is 5.11 Å². The fraction of sp³-hybridized carbons (Fsp3) is 0.111. The average Bonchev–Trinajstić information content (AvgIpc) is 2.98. The first-order valence-corrected chi connectivity index (χ1v) is 7.87. The highest BCUT2D eigenvalue weighted by atomic mass is 32.2. The predicted molar refractivity (Wildman–Crippen MR) is 67.4 cm³/mol. The van der Waals surface area contributed by atoms with Crippen LogP contribution in [0.1, 0.15) is 14.5 Å². The molecule has 0 saturated carbocycles. The highest BCUT2D eigenvalue weighted by molar-refractivity contribution is 7.91. The van der Waals surface area contributed by atoms with Crippen molar-refractivity contribution in [2.75, 3.05) is 0 Å². The van der Waals surface area contributed by atoms with Crippen molar-refractivity contribution in [2.24, 2.45) is 0 Å². The number of thiazole rings is 1. The van der Waals surface area contributed by atoms with Crippen LogP contribution in [0.2, 0.25) is 0 Å². The summed E-state index contributed by atoms with van der Waals surface area (Å²) >= 11 is 2.06. The van der Waals surface area contributed by atoms with Gasteiger partial charge in [-0.05, 0) is 12.1 Å². The number of nitrogens with one attached hydrogen (secondary N) is 1. The number of hydrogen-bond acceptors (Lipinski definition) is 6. The third-order valence-electron chi connectivity index (χ3n) is 1.98. The summed E-state index contributed by atoms with van der Waals surface area (Å²) in [5.41, 5.74) is 1.61. The molecule has 0 amide bonds. The van der Waals surface area contributed by atoms with Crippen LogP contribution in [0, 0.1) is 0 Å². The lowest BCUT2D eigenvalue weighted by Crippen LogP contribution is -2.21. The van der Waals surface area contributed by atoms with Gasteiger partial charge in [0.05, 0.1) is 5.51 Å². The summed E-state index contributed by atoms with van der Waals surface area (Å²) in [6, 6.07) is 2.55. The Morgan fingerprint density at radius 1 is 1.44 bits per heavy atom. The molecule has 0 saturated heterocycles. The third kappa shape index (κ3) is 2.93. The minimum atomic E-state index is -3.66. The molecule has 2 aromatic rings. The Hall–Kier alpha value is -1.29. The predicted octanol–water partition coefficient (Wildman–Crippen LogP) is 1.38. The number of nitrogens with zero attached hydrogens (tertiary/aromatic N) is 1. The summed E-state index contributed by atoms with van der Waals surface area (Å²) < 4.78 is 26.1. The first kappa shape index (κ1) is 13.1. The zero-order valence-corrected chi connectivity index (χ0v) is 11.3. The van der Waals surface area contributed by atoms with E-state index in [1.807, 2.05) is 0 Å². The van der Waals surface area contributed by atoms with Crippen LogP contribution < -0.4 is 4.72 Å². The molecular weight excluding hydrogens is 296 g/mol. The number of hydrogen-bond donors (Lipinski definition) is 2. The third-order valence-corrected chi connectivity index (χ3v) is 5.72. The van der Waals surface area contributed by atoms with Crippen molar-refractivity contribution < 1.29 is 18.3 Å². The molecule has 96 valence electrons. The number of carboxylic acid groups (broad SMARTS) is 1. The maximum absolute atomic E-state index is 11.9. The summed E-state index contributed by atoms with van der Waals surface area (Å²) in [5.74, 6) is -1.14. The van der Waals surface area contributed by atoms with E-state index in [2.05, 4.69) is 9.71 Å². The van der Waals surface area contributed by atoms with E-state index in [1.54, 1.807) is 11.7 Å².